The third-order valence-corrected chi connectivity index (χ3v) is 2.53. The van der Waals surface area contributed by atoms with Crippen LogP contribution in [0.1, 0.15) is 0 Å². The fourth-order valence-electron chi connectivity index (χ4n) is 1.64. The Balaban J connectivity index is 1.97. The second-order valence-corrected chi connectivity index (χ2v) is 3.80. The summed E-state index contributed by atoms with van der Waals surface area (Å²) in [7, 11) is 0. The van der Waals surface area contributed by atoms with E-state index in [2.05, 4.69) is 15.0 Å². The monoisotopic (exact) mass is 253 g/mol. The molecule has 2 aromatic heterocycles. The molecule has 0 saturated heterocycles. The molecule has 1 aromatic carbocycles. The second-order valence-electron chi connectivity index (χ2n) is 3.80. The Kier molecular flexibility index (Phi) is 2.82. The van der Waals surface area contributed by atoms with Gasteiger partial charge in [0.15, 0.2) is 5.82 Å². The molecule has 2 heterocycles. The molecule has 0 fully saturated rings. The SMILES string of the molecule is Nc1c(Oc2ccccc2)ncnc1-n1ccnc1. The normalized spacial score (nSPS) is 10.3. The number of para-hydroxylation sites is 1. The van der Waals surface area contributed by atoms with Crippen molar-refractivity contribution in [3.05, 3.63) is 55.4 Å². The summed E-state index contributed by atoms with van der Waals surface area (Å²) >= 11 is 0. The van der Waals surface area contributed by atoms with Crippen LogP contribution in [0, 0.1) is 0 Å². The number of hydrogen-bond donors (Lipinski definition) is 1. The van der Waals surface area contributed by atoms with Crippen LogP contribution in [-0.4, -0.2) is 19.5 Å². The maximum Gasteiger partial charge on any atom is 0.248 e. The second kappa shape index (κ2) is 4.77. The number of nitrogens with two attached hydrogens (primary N) is 1. The lowest BCUT2D eigenvalue weighted by atomic mass is 10.3. The first-order valence-corrected chi connectivity index (χ1v) is 5.66. The predicted molar refractivity (Wildman–Crippen MR) is 70.1 cm³/mol. The Hall–Kier alpha value is -2.89. The Morgan fingerprint density at radius 1 is 1.11 bits per heavy atom. The summed E-state index contributed by atoms with van der Waals surface area (Å²) in [6.45, 7) is 0. The van der Waals surface area contributed by atoms with Gasteiger partial charge in [-0.2, -0.15) is 4.98 Å². The van der Waals surface area contributed by atoms with Crippen molar-refractivity contribution in [1.29, 1.82) is 0 Å². The van der Waals surface area contributed by atoms with Crippen LogP contribution in [0.15, 0.2) is 55.4 Å². The molecule has 6 nitrogen and oxygen atoms in total. The molecule has 94 valence electrons. The van der Waals surface area contributed by atoms with Crippen molar-refractivity contribution in [2.75, 3.05) is 5.73 Å². The highest BCUT2D eigenvalue weighted by atomic mass is 16.5. The van der Waals surface area contributed by atoms with Crippen molar-refractivity contribution in [1.82, 2.24) is 19.5 Å². The molecule has 0 radical (unpaired) electrons. The first kappa shape index (κ1) is 11.2. The van der Waals surface area contributed by atoms with E-state index in [-0.39, 0.29) is 0 Å². The first-order chi connectivity index (χ1) is 9.34. The minimum absolute atomic E-state index is 0.324. The fraction of sp³-hybridized carbons (Fsp3) is 0. The summed E-state index contributed by atoms with van der Waals surface area (Å²) in [6, 6.07) is 9.33. The quantitative estimate of drug-likeness (QED) is 0.772. The summed E-state index contributed by atoms with van der Waals surface area (Å²) in [6.07, 6.45) is 6.43. The van der Waals surface area contributed by atoms with E-state index < -0.39 is 0 Å². The fourth-order valence-corrected chi connectivity index (χ4v) is 1.64. The van der Waals surface area contributed by atoms with Crippen LogP contribution in [0.2, 0.25) is 0 Å². The number of rotatable bonds is 3. The van der Waals surface area contributed by atoms with Gasteiger partial charge in [-0.1, -0.05) is 18.2 Å². The summed E-state index contributed by atoms with van der Waals surface area (Å²) < 4.78 is 7.34. The Morgan fingerprint density at radius 2 is 1.95 bits per heavy atom. The van der Waals surface area contributed by atoms with E-state index in [0.717, 1.165) is 0 Å². The van der Waals surface area contributed by atoms with Crippen LogP contribution >= 0.6 is 0 Å². The van der Waals surface area contributed by atoms with Crippen molar-refractivity contribution < 1.29 is 4.74 Å². The Labute approximate surface area is 109 Å². The van der Waals surface area contributed by atoms with Crippen LogP contribution in [0.5, 0.6) is 11.6 Å². The van der Waals surface area contributed by atoms with Crippen LogP contribution in [0.25, 0.3) is 5.82 Å². The van der Waals surface area contributed by atoms with Crippen molar-refractivity contribution in [3.8, 4) is 17.4 Å². The van der Waals surface area contributed by atoms with Crippen LogP contribution < -0.4 is 10.5 Å². The molecule has 0 aliphatic heterocycles. The van der Waals surface area contributed by atoms with Gasteiger partial charge in [-0.3, -0.25) is 4.57 Å². The molecule has 2 N–H and O–H groups in total. The van der Waals surface area contributed by atoms with E-state index in [1.54, 1.807) is 23.3 Å². The van der Waals surface area contributed by atoms with Crippen LogP contribution in [0.3, 0.4) is 0 Å². The van der Waals surface area contributed by atoms with E-state index in [1.807, 2.05) is 30.3 Å². The standard InChI is InChI=1S/C13H11N5O/c14-11-12(18-7-6-15-9-18)16-8-17-13(11)19-10-4-2-1-3-5-10/h1-9H,14H2. The smallest absolute Gasteiger partial charge is 0.248 e. The molecule has 0 aliphatic carbocycles. The van der Waals surface area contributed by atoms with E-state index in [9.17, 15) is 0 Å². The highest BCUT2D eigenvalue weighted by Crippen LogP contribution is 2.27. The average molecular weight is 253 g/mol. The van der Waals surface area contributed by atoms with Crippen molar-refractivity contribution >= 4 is 5.69 Å². The van der Waals surface area contributed by atoms with Gasteiger partial charge in [-0.25, -0.2) is 9.97 Å². The van der Waals surface area contributed by atoms with E-state index >= 15 is 0 Å². The number of imidazole rings is 1. The molecule has 3 rings (SSSR count). The third-order valence-electron chi connectivity index (χ3n) is 2.53. The molecule has 0 atom stereocenters. The number of benzene rings is 1. The highest BCUT2D eigenvalue weighted by Gasteiger charge is 2.11. The molecule has 0 amide bonds. The number of nitrogen functional groups attached to an aromatic ring is 1. The summed E-state index contributed by atoms with van der Waals surface area (Å²) in [5.41, 5.74) is 6.39. The largest absolute Gasteiger partial charge is 0.437 e. The number of hydrogen-bond acceptors (Lipinski definition) is 5. The minimum Gasteiger partial charge on any atom is -0.437 e. The van der Waals surface area contributed by atoms with Gasteiger partial charge in [0.05, 0.1) is 0 Å². The van der Waals surface area contributed by atoms with Gasteiger partial charge < -0.3 is 10.5 Å². The Bertz CT molecular complexity index is 667. The van der Waals surface area contributed by atoms with Crippen LogP contribution in [-0.2, 0) is 0 Å². The average Bonchev–Trinajstić information content (AvgIpc) is 2.96. The molecule has 0 spiro atoms. The van der Waals surface area contributed by atoms with Gasteiger partial charge in [0.25, 0.3) is 0 Å². The lowest BCUT2D eigenvalue weighted by Crippen LogP contribution is -2.04. The molecular weight excluding hydrogens is 242 g/mol. The molecule has 6 heteroatoms. The van der Waals surface area contributed by atoms with Gasteiger partial charge in [-0.15, -0.1) is 0 Å². The van der Waals surface area contributed by atoms with Gasteiger partial charge in [0.1, 0.15) is 24.1 Å². The lowest BCUT2D eigenvalue weighted by molar-refractivity contribution is 0.464. The molecule has 19 heavy (non-hydrogen) atoms. The van der Waals surface area contributed by atoms with Crippen molar-refractivity contribution in [3.63, 3.8) is 0 Å². The molecule has 0 aliphatic rings. The first-order valence-electron chi connectivity index (χ1n) is 5.66. The van der Waals surface area contributed by atoms with E-state index in [0.29, 0.717) is 23.1 Å². The van der Waals surface area contributed by atoms with E-state index in [4.69, 9.17) is 10.5 Å². The van der Waals surface area contributed by atoms with E-state index in [1.165, 1.54) is 6.33 Å². The topological polar surface area (TPSA) is 78.9 Å². The maximum absolute atomic E-state index is 6.02. The summed E-state index contributed by atoms with van der Waals surface area (Å²) in [4.78, 5) is 12.1. The predicted octanol–water partition coefficient (Wildman–Crippen LogP) is 2.04. The highest BCUT2D eigenvalue weighted by molar-refractivity contribution is 5.60. The molecule has 0 saturated carbocycles. The number of ether oxygens (including phenoxy) is 1. The number of anilines is 1. The van der Waals surface area contributed by atoms with Gasteiger partial charge in [0.2, 0.25) is 5.88 Å². The zero-order valence-electron chi connectivity index (χ0n) is 9.97. The molecule has 0 unspecified atom stereocenters. The molecule has 0 bridgehead atoms. The minimum atomic E-state index is 0.324. The number of nitrogens with zero attached hydrogens (tertiary/aromatic N) is 4. The third kappa shape index (κ3) is 2.23. The summed E-state index contributed by atoms with van der Waals surface area (Å²) in [5.74, 6) is 1.54. The maximum atomic E-state index is 6.02. The van der Waals surface area contributed by atoms with Crippen molar-refractivity contribution in [2.45, 2.75) is 0 Å². The van der Waals surface area contributed by atoms with Crippen molar-refractivity contribution in [2.24, 2.45) is 0 Å². The Morgan fingerprint density at radius 3 is 2.68 bits per heavy atom. The molecule has 3 aromatic rings. The van der Waals surface area contributed by atoms with Gasteiger partial charge >= 0.3 is 0 Å². The van der Waals surface area contributed by atoms with Gasteiger partial charge in [-0.05, 0) is 12.1 Å². The van der Waals surface area contributed by atoms with Gasteiger partial charge in [0, 0.05) is 12.4 Å². The number of aromatic nitrogens is 4. The summed E-state index contributed by atoms with van der Waals surface area (Å²) in [5, 5.41) is 0. The molecular formula is C13H11N5O. The van der Waals surface area contributed by atoms with Crippen LogP contribution in [0.4, 0.5) is 5.69 Å². The zero-order chi connectivity index (χ0) is 13.1. The lowest BCUT2D eigenvalue weighted by Gasteiger charge is -2.10. The zero-order valence-corrected chi connectivity index (χ0v) is 9.97.